The molecule has 4 N–H and O–H groups in total. The van der Waals surface area contributed by atoms with Gasteiger partial charge in [0, 0.05) is 0 Å². The number of carbonyl (C=O) groups is 1. The Hall–Kier alpha value is -1.08. The third kappa shape index (κ3) is 1.81. The zero-order valence-corrected chi connectivity index (χ0v) is 8.00. The number of aromatic nitrogens is 1. The molecule has 0 bridgehead atoms. The van der Waals surface area contributed by atoms with Crippen LogP contribution in [0.4, 0.5) is 0 Å². The molecule has 0 radical (unpaired) electrons. The van der Waals surface area contributed by atoms with Crippen molar-refractivity contribution in [2.45, 2.75) is 11.4 Å². The molecule has 1 atom stereocenters. The number of nitrogens with two attached hydrogens (primary N) is 1. The lowest BCUT2D eigenvalue weighted by Crippen LogP contribution is -2.26. The second-order valence-electron chi connectivity index (χ2n) is 2.32. The predicted octanol–water partition coefficient (Wildman–Crippen LogP) is -0.0528. The first-order valence-corrected chi connectivity index (χ1v) is 4.44. The number of rotatable bonds is 3. The maximum Gasteiger partial charge on any atom is 0.325 e. The van der Waals surface area contributed by atoms with Crippen molar-refractivity contribution in [3.63, 3.8) is 0 Å². The Labute approximate surface area is 80.8 Å². The lowest BCUT2D eigenvalue weighted by atomic mass is 10.1. The van der Waals surface area contributed by atoms with Crippen LogP contribution in [0.5, 0.6) is 0 Å². The SMILES string of the molecule is N[C@@H](C(=O)O)c1c(CBr)o[nH]c1=O. The zero-order valence-electron chi connectivity index (χ0n) is 6.41. The number of alkyl halides is 1. The summed E-state index contributed by atoms with van der Waals surface area (Å²) in [6.07, 6.45) is 0. The summed E-state index contributed by atoms with van der Waals surface area (Å²) in [6, 6.07) is -1.35. The van der Waals surface area contributed by atoms with Crippen molar-refractivity contribution in [1.82, 2.24) is 5.16 Å². The Bertz CT molecular complexity index is 369. The molecule has 13 heavy (non-hydrogen) atoms. The largest absolute Gasteiger partial charge is 0.480 e. The molecule has 0 aliphatic heterocycles. The fraction of sp³-hybridized carbons (Fsp3) is 0.333. The number of carboxylic acids is 1. The minimum atomic E-state index is -1.35. The van der Waals surface area contributed by atoms with E-state index in [0.29, 0.717) is 0 Å². The van der Waals surface area contributed by atoms with E-state index in [1.807, 2.05) is 5.16 Å². The van der Waals surface area contributed by atoms with Crippen LogP contribution in [0.15, 0.2) is 9.32 Å². The number of hydrogen-bond acceptors (Lipinski definition) is 4. The summed E-state index contributed by atoms with van der Waals surface area (Å²) in [5.41, 5.74) is 4.60. The molecule has 1 aromatic heterocycles. The Kier molecular flexibility index (Phi) is 2.89. The van der Waals surface area contributed by atoms with E-state index in [9.17, 15) is 9.59 Å². The molecule has 0 unspecified atom stereocenters. The van der Waals surface area contributed by atoms with E-state index in [4.69, 9.17) is 10.8 Å². The Morgan fingerprint density at radius 3 is 2.85 bits per heavy atom. The number of aromatic amines is 1. The van der Waals surface area contributed by atoms with Crippen LogP contribution in [-0.4, -0.2) is 16.2 Å². The number of H-pyrrole nitrogens is 1. The molecular weight excluding hydrogens is 244 g/mol. The first-order chi connectivity index (χ1) is 6.07. The summed E-state index contributed by atoms with van der Waals surface area (Å²) >= 11 is 3.04. The van der Waals surface area contributed by atoms with Gasteiger partial charge in [0.1, 0.15) is 6.04 Å². The first-order valence-electron chi connectivity index (χ1n) is 3.32. The lowest BCUT2D eigenvalue weighted by molar-refractivity contribution is -0.138. The molecular formula is C6H7BrN2O4. The molecule has 1 heterocycles. The fourth-order valence-electron chi connectivity index (χ4n) is 0.882. The highest BCUT2D eigenvalue weighted by atomic mass is 79.9. The predicted molar refractivity (Wildman–Crippen MR) is 46.5 cm³/mol. The second-order valence-corrected chi connectivity index (χ2v) is 2.88. The van der Waals surface area contributed by atoms with E-state index in [2.05, 4.69) is 20.5 Å². The van der Waals surface area contributed by atoms with Crippen LogP contribution in [0.1, 0.15) is 17.4 Å². The molecule has 7 heteroatoms. The molecule has 0 spiro atoms. The lowest BCUT2D eigenvalue weighted by Gasteiger charge is -2.01. The van der Waals surface area contributed by atoms with Gasteiger partial charge in [-0.3, -0.25) is 9.59 Å². The van der Waals surface area contributed by atoms with Gasteiger partial charge in [0.15, 0.2) is 5.76 Å². The average molecular weight is 251 g/mol. The molecule has 0 fully saturated rings. The molecule has 0 saturated heterocycles. The van der Waals surface area contributed by atoms with Gasteiger partial charge in [0.05, 0.1) is 10.9 Å². The van der Waals surface area contributed by atoms with Crippen LogP contribution >= 0.6 is 15.9 Å². The second kappa shape index (κ2) is 3.75. The summed E-state index contributed by atoms with van der Waals surface area (Å²) < 4.78 is 4.69. The van der Waals surface area contributed by atoms with Crippen molar-refractivity contribution in [2.75, 3.05) is 0 Å². The smallest absolute Gasteiger partial charge is 0.325 e. The molecule has 0 aliphatic rings. The number of halogens is 1. The Morgan fingerprint density at radius 1 is 1.77 bits per heavy atom. The summed E-state index contributed by atoms with van der Waals surface area (Å²) in [6.45, 7) is 0. The molecule has 0 aromatic carbocycles. The minimum absolute atomic E-state index is 0.0515. The van der Waals surface area contributed by atoms with E-state index in [0.717, 1.165) is 0 Å². The highest BCUT2D eigenvalue weighted by molar-refractivity contribution is 9.08. The minimum Gasteiger partial charge on any atom is -0.480 e. The topological polar surface area (TPSA) is 109 Å². The fourth-order valence-corrected chi connectivity index (χ4v) is 1.30. The van der Waals surface area contributed by atoms with Crippen molar-refractivity contribution in [3.8, 4) is 0 Å². The Morgan fingerprint density at radius 2 is 2.38 bits per heavy atom. The van der Waals surface area contributed by atoms with Crippen molar-refractivity contribution in [2.24, 2.45) is 5.73 Å². The summed E-state index contributed by atoms with van der Waals surface area (Å²) in [5, 5.41) is 10.8. The highest BCUT2D eigenvalue weighted by Crippen LogP contribution is 2.14. The van der Waals surface area contributed by atoms with Gasteiger partial charge in [-0.05, 0) is 0 Å². The van der Waals surface area contributed by atoms with E-state index >= 15 is 0 Å². The van der Waals surface area contributed by atoms with Gasteiger partial charge in [0.2, 0.25) is 0 Å². The van der Waals surface area contributed by atoms with Crippen molar-refractivity contribution in [3.05, 3.63) is 21.7 Å². The number of nitrogens with one attached hydrogen (secondary N) is 1. The van der Waals surface area contributed by atoms with Gasteiger partial charge >= 0.3 is 5.97 Å². The maximum absolute atomic E-state index is 11.0. The summed E-state index contributed by atoms with van der Waals surface area (Å²) in [7, 11) is 0. The molecule has 6 nitrogen and oxygen atoms in total. The Balaban J connectivity index is 3.18. The van der Waals surface area contributed by atoms with Crippen molar-refractivity contribution in [1.29, 1.82) is 0 Å². The summed E-state index contributed by atoms with van der Waals surface area (Å²) in [4.78, 5) is 21.5. The van der Waals surface area contributed by atoms with Gasteiger partial charge in [-0.2, -0.15) is 5.16 Å². The monoisotopic (exact) mass is 250 g/mol. The molecule has 0 saturated carbocycles. The third-order valence-electron chi connectivity index (χ3n) is 1.51. The van der Waals surface area contributed by atoms with Gasteiger partial charge in [0.25, 0.3) is 5.56 Å². The van der Waals surface area contributed by atoms with Gasteiger partial charge in [-0.1, -0.05) is 15.9 Å². The zero-order chi connectivity index (χ0) is 10.0. The maximum atomic E-state index is 11.0. The van der Waals surface area contributed by atoms with E-state index in [1.165, 1.54) is 0 Å². The number of hydrogen-bond donors (Lipinski definition) is 3. The van der Waals surface area contributed by atoms with E-state index in [1.54, 1.807) is 0 Å². The highest BCUT2D eigenvalue weighted by Gasteiger charge is 2.24. The molecule has 0 amide bonds. The quantitative estimate of drug-likeness (QED) is 0.652. The van der Waals surface area contributed by atoms with Crippen LogP contribution in [0, 0.1) is 0 Å². The van der Waals surface area contributed by atoms with Crippen LogP contribution in [0.25, 0.3) is 0 Å². The van der Waals surface area contributed by atoms with Crippen molar-refractivity contribution >= 4 is 21.9 Å². The third-order valence-corrected chi connectivity index (χ3v) is 2.02. The van der Waals surface area contributed by atoms with Crippen LogP contribution < -0.4 is 11.3 Å². The van der Waals surface area contributed by atoms with Gasteiger partial charge < -0.3 is 15.4 Å². The number of aliphatic carboxylic acids is 1. The van der Waals surface area contributed by atoms with Crippen molar-refractivity contribution < 1.29 is 14.4 Å². The van der Waals surface area contributed by atoms with Gasteiger partial charge in [-0.15, -0.1) is 0 Å². The summed E-state index contributed by atoms with van der Waals surface area (Å²) in [5.74, 6) is -1.06. The normalized spacial score (nSPS) is 12.8. The van der Waals surface area contributed by atoms with E-state index in [-0.39, 0.29) is 16.7 Å². The molecule has 1 aromatic rings. The van der Waals surface area contributed by atoms with Crippen LogP contribution in [-0.2, 0) is 10.1 Å². The first kappa shape index (κ1) is 10.0. The van der Waals surface area contributed by atoms with Crippen LogP contribution in [0.2, 0.25) is 0 Å². The average Bonchev–Trinajstić information content (AvgIpc) is 2.45. The van der Waals surface area contributed by atoms with Crippen LogP contribution in [0.3, 0.4) is 0 Å². The molecule has 0 aliphatic carbocycles. The van der Waals surface area contributed by atoms with E-state index < -0.39 is 17.6 Å². The van der Waals surface area contributed by atoms with Gasteiger partial charge in [-0.25, -0.2) is 0 Å². The molecule has 72 valence electrons. The number of carboxylic acid groups (broad SMARTS) is 1. The molecule has 1 rings (SSSR count). The standard InChI is InChI=1S/C6H7BrN2O4/c7-1-2-3(4(8)6(11)12)5(10)9-13-2/h4H,1,8H2,(H,9,10)(H,11,12)/t4-/m1/s1.